The molecule has 1 aliphatic carbocycles. The highest BCUT2D eigenvalue weighted by Gasteiger charge is 2.49. The van der Waals surface area contributed by atoms with Gasteiger partial charge in [-0.3, -0.25) is 4.79 Å². The summed E-state index contributed by atoms with van der Waals surface area (Å²) in [4.78, 5) is 27.8. The van der Waals surface area contributed by atoms with Crippen LogP contribution in [0.15, 0.2) is 48.7 Å². The second kappa shape index (κ2) is 10.3. The van der Waals surface area contributed by atoms with Crippen LogP contribution in [0.25, 0.3) is 0 Å². The molecule has 0 radical (unpaired) electrons. The minimum atomic E-state index is -0.619. The fraction of sp³-hybridized carbons (Fsp3) is 0.414. The van der Waals surface area contributed by atoms with E-state index in [9.17, 15) is 9.18 Å². The number of benzene rings is 2. The lowest BCUT2D eigenvalue weighted by molar-refractivity contribution is -0.118. The van der Waals surface area contributed by atoms with Crippen LogP contribution in [0.2, 0.25) is 0 Å². The summed E-state index contributed by atoms with van der Waals surface area (Å²) >= 11 is 6.16. The molecule has 1 saturated heterocycles. The number of aromatic nitrogens is 2. The van der Waals surface area contributed by atoms with Crippen LogP contribution in [0, 0.1) is 5.82 Å². The Hall–Kier alpha value is -3.43. The highest BCUT2D eigenvalue weighted by atomic mass is 35.5. The van der Waals surface area contributed by atoms with E-state index in [4.69, 9.17) is 11.6 Å². The van der Waals surface area contributed by atoms with Gasteiger partial charge in [-0.25, -0.2) is 9.37 Å². The third-order valence-corrected chi connectivity index (χ3v) is 8.32. The van der Waals surface area contributed by atoms with E-state index in [1.165, 1.54) is 5.69 Å². The zero-order valence-corrected chi connectivity index (χ0v) is 23.0. The van der Waals surface area contributed by atoms with Crippen LogP contribution in [0.1, 0.15) is 31.7 Å². The summed E-state index contributed by atoms with van der Waals surface area (Å²) in [7, 11) is 2.14. The highest BCUT2D eigenvalue weighted by Crippen LogP contribution is 2.56. The van der Waals surface area contributed by atoms with E-state index in [1.807, 2.05) is 30.3 Å². The first-order chi connectivity index (χ1) is 18.8. The van der Waals surface area contributed by atoms with Gasteiger partial charge in [0.1, 0.15) is 5.38 Å². The SMILES string of the molecule is CC(Cl)C(=O)N1CCC2(CC2)c2ccc(Nc3nc(Nc4ccc(N5CCN(C)CC5)cc4)ncc3F)cc21. The van der Waals surface area contributed by atoms with Crippen LogP contribution in [-0.4, -0.2) is 65.9 Å². The Kier molecular flexibility index (Phi) is 6.81. The number of carbonyl (C=O) groups is 1. The van der Waals surface area contributed by atoms with Crippen molar-refractivity contribution < 1.29 is 9.18 Å². The number of nitrogens with one attached hydrogen (secondary N) is 2. The number of rotatable bonds is 6. The normalized spacial score (nSPS) is 19.0. The van der Waals surface area contributed by atoms with Gasteiger partial charge in [0.25, 0.3) is 0 Å². The van der Waals surface area contributed by atoms with Crippen molar-refractivity contribution in [2.75, 3.05) is 60.2 Å². The molecule has 2 aliphatic heterocycles. The van der Waals surface area contributed by atoms with Crippen molar-refractivity contribution in [3.8, 4) is 0 Å². The summed E-state index contributed by atoms with van der Waals surface area (Å²) < 4.78 is 14.8. The highest BCUT2D eigenvalue weighted by molar-refractivity contribution is 6.32. The molecule has 2 aromatic carbocycles. The van der Waals surface area contributed by atoms with E-state index in [0.717, 1.165) is 68.6 Å². The fourth-order valence-corrected chi connectivity index (χ4v) is 5.69. The van der Waals surface area contributed by atoms with Crippen molar-refractivity contribution in [3.05, 3.63) is 60.0 Å². The number of hydrogen-bond acceptors (Lipinski definition) is 7. The number of hydrogen-bond donors (Lipinski definition) is 2. The summed E-state index contributed by atoms with van der Waals surface area (Å²) in [6.07, 6.45) is 4.33. The van der Waals surface area contributed by atoms with Gasteiger partial charge >= 0.3 is 0 Å². The van der Waals surface area contributed by atoms with Crippen molar-refractivity contribution >= 4 is 52.0 Å². The molecule has 1 atom stereocenters. The van der Waals surface area contributed by atoms with E-state index in [-0.39, 0.29) is 23.1 Å². The second-order valence-electron chi connectivity index (χ2n) is 10.8. The maximum Gasteiger partial charge on any atom is 0.244 e. The third kappa shape index (κ3) is 5.25. The number of nitrogens with zero attached hydrogens (tertiary/aromatic N) is 5. The zero-order valence-electron chi connectivity index (χ0n) is 22.3. The van der Waals surface area contributed by atoms with Gasteiger partial charge in [0.2, 0.25) is 11.9 Å². The first kappa shape index (κ1) is 25.8. The molecule has 1 unspecified atom stereocenters. The molecule has 0 bridgehead atoms. The van der Waals surface area contributed by atoms with E-state index in [0.29, 0.717) is 12.2 Å². The molecule has 8 nitrogen and oxygen atoms in total. The number of likely N-dealkylation sites (N-methyl/N-ethyl adjacent to an activating group) is 1. The monoisotopic (exact) mass is 549 g/mol. The molecule has 1 aromatic heterocycles. The van der Waals surface area contributed by atoms with E-state index >= 15 is 0 Å². The Morgan fingerprint density at radius 1 is 1.00 bits per heavy atom. The van der Waals surface area contributed by atoms with Gasteiger partial charge in [-0.15, -0.1) is 11.6 Å². The zero-order chi connectivity index (χ0) is 27.1. The van der Waals surface area contributed by atoms with Crippen LogP contribution in [0.5, 0.6) is 0 Å². The molecular weight excluding hydrogens is 517 g/mol. The van der Waals surface area contributed by atoms with E-state index in [1.54, 1.807) is 11.8 Å². The van der Waals surface area contributed by atoms with Gasteiger partial charge < -0.3 is 25.3 Å². The first-order valence-electron chi connectivity index (χ1n) is 13.5. The standard InChI is InChI=1S/C29H33ClFN7O/c1-19(30)27(39)38-12-11-29(9-10-29)23-8-5-21(17-25(23)38)33-26-24(31)18-32-28(35-26)34-20-3-6-22(7-4-20)37-15-13-36(2)14-16-37/h3-8,17-19H,9-16H2,1-2H3,(H2,32,33,34,35). The second-order valence-corrected chi connectivity index (χ2v) is 11.5. The summed E-state index contributed by atoms with van der Waals surface area (Å²) in [6, 6.07) is 14.0. The van der Waals surface area contributed by atoms with Crippen LogP contribution in [0.4, 0.5) is 38.9 Å². The van der Waals surface area contributed by atoms with Crippen molar-refractivity contribution in [1.29, 1.82) is 0 Å². The Bertz CT molecular complexity index is 1370. The lowest BCUT2D eigenvalue weighted by atomic mass is 9.86. The van der Waals surface area contributed by atoms with Crippen molar-refractivity contribution in [2.24, 2.45) is 0 Å². The fourth-order valence-electron chi connectivity index (χ4n) is 5.58. The molecule has 10 heteroatoms. The summed E-state index contributed by atoms with van der Waals surface area (Å²) in [5.41, 5.74) is 4.79. The first-order valence-corrected chi connectivity index (χ1v) is 14.0. The average Bonchev–Trinajstić information content (AvgIpc) is 3.71. The summed E-state index contributed by atoms with van der Waals surface area (Å²) in [5, 5.41) is 5.65. The van der Waals surface area contributed by atoms with Crippen molar-refractivity contribution in [1.82, 2.24) is 14.9 Å². The number of piperazine rings is 1. The topological polar surface area (TPSA) is 76.6 Å². The maximum absolute atomic E-state index is 14.8. The number of carbonyl (C=O) groups excluding carboxylic acids is 1. The van der Waals surface area contributed by atoms with Crippen LogP contribution in [-0.2, 0) is 10.2 Å². The molecule has 1 saturated carbocycles. The minimum Gasteiger partial charge on any atom is -0.369 e. The van der Waals surface area contributed by atoms with Crippen molar-refractivity contribution in [3.63, 3.8) is 0 Å². The molecule has 3 aliphatic rings. The lowest BCUT2D eigenvalue weighted by Gasteiger charge is -2.35. The molecule has 2 N–H and O–H groups in total. The Balaban J connectivity index is 1.19. The summed E-state index contributed by atoms with van der Waals surface area (Å²) in [5.74, 6) is -0.343. The van der Waals surface area contributed by atoms with Crippen LogP contribution in [0.3, 0.4) is 0 Å². The molecule has 3 heterocycles. The molecule has 204 valence electrons. The van der Waals surface area contributed by atoms with E-state index in [2.05, 4.69) is 49.6 Å². The molecule has 2 fully saturated rings. The quantitative estimate of drug-likeness (QED) is 0.407. The van der Waals surface area contributed by atoms with Gasteiger partial charge in [-0.2, -0.15) is 4.98 Å². The van der Waals surface area contributed by atoms with Gasteiger partial charge in [-0.1, -0.05) is 6.07 Å². The molecular formula is C29H33ClFN7O. The number of fused-ring (bicyclic) bond motifs is 2. The third-order valence-electron chi connectivity index (χ3n) is 8.13. The molecule has 1 amide bonds. The van der Waals surface area contributed by atoms with Gasteiger partial charge in [0, 0.05) is 55.5 Å². The number of alkyl halides is 1. The van der Waals surface area contributed by atoms with Gasteiger partial charge in [0.15, 0.2) is 11.6 Å². The minimum absolute atomic E-state index is 0.0574. The lowest BCUT2D eigenvalue weighted by Crippen LogP contribution is -2.44. The Morgan fingerprint density at radius 2 is 1.72 bits per heavy atom. The van der Waals surface area contributed by atoms with Crippen LogP contribution < -0.4 is 20.4 Å². The molecule has 1 spiro atoms. The Morgan fingerprint density at radius 3 is 2.41 bits per heavy atom. The number of amides is 1. The Labute approximate surface area is 233 Å². The van der Waals surface area contributed by atoms with E-state index < -0.39 is 11.2 Å². The smallest absolute Gasteiger partial charge is 0.244 e. The predicted octanol–water partition coefficient (Wildman–Crippen LogP) is 5.25. The maximum atomic E-state index is 14.8. The van der Waals surface area contributed by atoms with Gasteiger partial charge in [-0.05, 0) is 80.6 Å². The predicted molar refractivity (Wildman–Crippen MR) is 154 cm³/mol. The molecule has 39 heavy (non-hydrogen) atoms. The van der Waals surface area contributed by atoms with Gasteiger partial charge in [0.05, 0.1) is 6.20 Å². The van der Waals surface area contributed by atoms with Crippen LogP contribution >= 0.6 is 11.6 Å². The molecule has 6 rings (SSSR count). The van der Waals surface area contributed by atoms with Crippen molar-refractivity contribution in [2.45, 2.75) is 37.0 Å². The average molecular weight is 550 g/mol. The number of anilines is 6. The largest absolute Gasteiger partial charge is 0.369 e. The number of halogens is 2. The summed E-state index contributed by atoms with van der Waals surface area (Å²) in [6.45, 7) is 6.42. The molecule has 3 aromatic rings.